The van der Waals surface area contributed by atoms with Gasteiger partial charge in [-0.05, 0) is 30.9 Å². The summed E-state index contributed by atoms with van der Waals surface area (Å²) in [6.45, 7) is 7.37. The first-order chi connectivity index (χ1) is 15.9. The lowest BCUT2D eigenvalue weighted by atomic mass is 9.96. The number of fused-ring (bicyclic) bond motifs is 1. The van der Waals surface area contributed by atoms with E-state index in [1.165, 1.54) is 12.8 Å². The van der Waals surface area contributed by atoms with E-state index in [1.54, 1.807) is 0 Å². The second-order valence-corrected chi connectivity index (χ2v) is 11.2. The molecular weight excluding hydrogens is 452 g/mol. The Morgan fingerprint density at radius 3 is 2.32 bits per heavy atom. The predicted molar refractivity (Wildman–Crippen MR) is 134 cm³/mol. The zero-order valence-electron chi connectivity index (χ0n) is 19.8. The van der Waals surface area contributed by atoms with Crippen LogP contribution in [0.2, 0.25) is 0 Å². The van der Waals surface area contributed by atoms with E-state index >= 15 is 0 Å². The number of H-pyrrole nitrogens is 1. The molecule has 3 heterocycles. The van der Waals surface area contributed by atoms with Crippen molar-refractivity contribution in [2.45, 2.75) is 45.6 Å². The first-order valence-corrected chi connectivity index (χ1v) is 13.0. The standard InChI is InChI=1S/C23H26N6.CH4O3S/c1-23(2,3)21-27-18(15-7-5-4-6-8-15)19(28-21)16-11-12-17-20(25-16)29(22(24)26-17)13-14-9-10-14;1-5(2,3)4/h4-8,11-12,14H,9-10,13H2,1-3H3,(H2,24,26)(H,27,28);1H3,(H,2,3,4). The lowest BCUT2D eigenvalue weighted by Crippen LogP contribution is -2.13. The molecule has 4 aromatic rings. The van der Waals surface area contributed by atoms with E-state index < -0.39 is 10.1 Å². The third-order valence-electron chi connectivity index (χ3n) is 5.48. The Hall–Kier alpha value is -3.24. The van der Waals surface area contributed by atoms with Crippen molar-refractivity contribution in [3.05, 3.63) is 48.3 Å². The average Bonchev–Trinajstić information content (AvgIpc) is 3.35. The third kappa shape index (κ3) is 5.63. The van der Waals surface area contributed by atoms with E-state index in [0.717, 1.165) is 46.2 Å². The molecule has 34 heavy (non-hydrogen) atoms. The van der Waals surface area contributed by atoms with Crippen LogP contribution < -0.4 is 5.73 Å². The lowest BCUT2D eigenvalue weighted by molar-refractivity contribution is 0.490. The number of benzene rings is 1. The zero-order valence-corrected chi connectivity index (χ0v) is 20.6. The van der Waals surface area contributed by atoms with Crippen LogP contribution in [0.1, 0.15) is 39.4 Å². The van der Waals surface area contributed by atoms with Crippen molar-refractivity contribution in [1.82, 2.24) is 24.5 Å². The molecule has 10 heteroatoms. The van der Waals surface area contributed by atoms with Gasteiger partial charge in [-0.25, -0.2) is 15.0 Å². The van der Waals surface area contributed by atoms with E-state index in [9.17, 15) is 8.42 Å². The summed E-state index contributed by atoms with van der Waals surface area (Å²) < 4.78 is 27.9. The molecule has 0 spiro atoms. The molecule has 5 rings (SSSR count). The first-order valence-electron chi connectivity index (χ1n) is 11.1. The maximum absolute atomic E-state index is 9.19. The summed E-state index contributed by atoms with van der Waals surface area (Å²) >= 11 is 0. The number of nitrogens with zero attached hydrogens (tertiary/aromatic N) is 4. The van der Waals surface area contributed by atoms with Gasteiger partial charge in [-0.3, -0.25) is 9.12 Å². The smallest absolute Gasteiger partial charge is 0.261 e. The van der Waals surface area contributed by atoms with Crippen LogP contribution in [0.4, 0.5) is 5.95 Å². The summed E-state index contributed by atoms with van der Waals surface area (Å²) in [6, 6.07) is 14.3. The Bertz CT molecular complexity index is 1410. The van der Waals surface area contributed by atoms with Crippen LogP contribution in [0.15, 0.2) is 42.5 Å². The minimum Gasteiger partial charge on any atom is -0.369 e. The summed E-state index contributed by atoms with van der Waals surface area (Å²) in [5, 5.41) is 0. The second kappa shape index (κ2) is 8.84. The maximum Gasteiger partial charge on any atom is 0.261 e. The summed E-state index contributed by atoms with van der Waals surface area (Å²) in [4.78, 5) is 18.0. The highest BCUT2D eigenvalue weighted by Crippen LogP contribution is 2.35. The number of imidazole rings is 2. The van der Waals surface area contributed by atoms with Gasteiger partial charge in [0.1, 0.15) is 11.3 Å². The van der Waals surface area contributed by atoms with Crippen LogP contribution in [-0.4, -0.2) is 43.7 Å². The minimum atomic E-state index is -3.67. The Kier molecular flexibility index (Phi) is 6.22. The van der Waals surface area contributed by atoms with Gasteiger partial charge >= 0.3 is 0 Å². The number of rotatable bonds is 4. The van der Waals surface area contributed by atoms with Crippen molar-refractivity contribution in [3.8, 4) is 22.6 Å². The summed E-state index contributed by atoms with van der Waals surface area (Å²) in [5.74, 6) is 2.18. The molecule has 0 bridgehead atoms. The lowest BCUT2D eigenvalue weighted by Gasteiger charge is -2.14. The van der Waals surface area contributed by atoms with E-state index in [1.807, 2.05) is 30.3 Å². The molecule has 9 nitrogen and oxygen atoms in total. The normalized spacial score (nSPS) is 14.1. The SMILES string of the molecule is CC(C)(C)c1nc(-c2ccccc2)c(-c2ccc3nc(N)n(CC4CC4)c3n2)[nH]1.CS(=O)(=O)O. The van der Waals surface area contributed by atoms with Crippen molar-refractivity contribution < 1.29 is 13.0 Å². The van der Waals surface area contributed by atoms with Crippen LogP contribution in [0, 0.1) is 5.92 Å². The molecule has 1 aliphatic rings. The summed E-state index contributed by atoms with van der Waals surface area (Å²) in [5.41, 5.74) is 11.6. The van der Waals surface area contributed by atoms with Crippen LogP contribution in [0.3, 0.4) is 0 Å². The maximum atomic E-state index is 9.19. The molecule has 4 N–H and O–H groups in total. The summed E-state index contributed by atoms with van der Waals surface area (Å²) in [6.07, 6.45) is 3.23. The molecule has 1 fully saturated rings. The molecule has 0 amide bonds. The van der Waals surface area contributed by atoms with Gasteiger partial charge in [-0.2, -0.15) is 8.42 Å². The van der Waals surface area contributed by atoms with Gasteiger partial charge in [0.15, 0.2) is 5.65 Å². The molecule has 1 saturated carbocycles. The Balaban J connectivity index is 0.000000499. The van der Waals surface area contributed by atoms with Gasteiger partial charge < -0.3 is 10.7 Å². The van der Waals surface area contributed by atoms with Crippen molar-refractivity contribution in [1.29, 1.82) is 0 Å². The quantitative estimate of drug-likeness (QED) is 0.369. The first kappa shape index (κ1) is 23.9. The fourth-order valence-corrected chi connectivity index (χ4v) is 3.62. The molecule has 0 radical (unpaired) electrons. The number of aromatic amines is 1. The molecule has 0 atom stereocenters. The molecule has 0 saturated heterocycles. The van der Waals surface area contributed by atoms with Crippen LogP contribution in [0.25, 0.3) is 33.8 Å². The molecule has 1 aliphatic carbocycles. The Morgan fingerprint density at radius 1 is 1.09 bits per heavy atom. The largest absolute Gasteiger partial charge is 0.369 e. The topological polar surface area (TPSA) is 140 Å². The predicted octanol–water partition coefficient (Wildman–Crippen LogP) is 4.28. The van der Waals surface area contributed by atoms with E-state index in [2.05, 4.69) is 47.4 Å². The number of aromatic nitrogens is 5. The summed E-state index contributed by atoms with van der Waals surface area (Å²) in [7, 11) is -3.67. The number of nitrogen functional groups attached to an aromatic ring is 1. The number of pyridine rings is 1. The van der Waals surface area contributed by atoms with Gasteiger partial charge in [-0.15, -0.1) is 0 Å². The average molecular weight is 483 g/mol. The van der Waals surface area contributed by atoms with Gasteiger partial charge in [0.05, 0.1) is 23.3 Å². The minimum absolute atomic E-state index is 0.0932. The number of nitrogens with one attached hydrogen (secondary N) is 1. The van der Waals surface area contributed by atoms with Crippen molar-refractivity contribution in [2.24, 2.45) is 5.92 Å². The number of hydrogen-bond donors (Lipinski definition) is 3. The van der Waals surface area contributed by atoms with Crippen molar-refractivity contribution in [2.75, 3.05) is 12.0 Å². The van der Waals surface area contributed by atoms with Crippen LogP contribution in [-0.2, 0) is 22.1 Å². The highest BCUT2D eigenvalue weighted by atomic mass is 32.2. The molecule has 3 aromatic heterocycles. The fourth-order valence-electron chi connectivity index (χ4n) is 3.62. The Labute approximate surface area is 199 Å². The molecule has 0 unspecified atom stereocenters. The molecule has 1 aromatic carbocycles. The second-order valence-electron chi connectivity index (χ2n) is 9.72. The van der Waals surface area contributed by atoms with E-state index in [0.29, 0.717) is 18.1 Å². The van der Waals surface area contributed by atoms with Gasteiger partial charge in [0.2, 0.25) is 5.95 Å². The number of nitrogens with two attached hydrogens (primary N) is 1. The van der Waals surface area contributed by atoms with E-state index in [-0.39, 0.29) is 5.41 Å². The van der Waals surface area contributed by atoms with Crippen molar-refractivity contribution in [3.63, 3.8) is 0 Å². The van der Waals surface area contributed by atoms with Gasteiger partial charge in [0.25, 0.3) is 10.1 Å². The van der Waals surface area contributed by atoms with Gasteiger partial charge in [-0.1, -0.05) is 51.1 Å². The van der Waals surface area contributed by atoms with E-state index in [4.69, 9.17) is 20.3 Å². The van der Waals surface area contributed by atoms with Crippen LogP contribution in [0.5, 0.6) is 0 Å². The zero-order chi connectivity index (χ0) is 24.7. The van der Waals surface area contributed by atoms with Gasteiger partial charge in [0, 0.05) is 17.5 Å². The van der Waals surface area contributed by atoms with Crippen molar-refractivity contribution >= 4 is 27.2 Å². The van der Waals surface area contributed by atoms with Crippen LogP contribution >= 0.6 is 0 Å². The fraction of sp³-hybridized carbons (Fsp3) is 0.375. The Morgan fingerprint density at radius 2 is 1.74 bits per heavy atom. The third-order valence-corrected chi connectivity index (χ3v) is 5.48. The molecule has 0 aliphatic heterocycles. The highest BCUT2D eigenvalue weighted by Gasteiger charge is 2.26. The molecule has 180 valence electrons. The number of anilines is 1. The number of hydrogen-bond acceptors (Lipinski definition) is 6. The molecular formula is C24H30N6O3S. The highest BCUT2D eigenvalue weighted by molar-refractivity contribution is 7.85. The monoisotopic (exact) mass is 482 g/mol.